The molecule has 10 amide bonds. The first-order chi connectivity index (χ1) is 38.0. The van der Waals surface area contributed by atoms with Crippen LogP contribution in [0.5, 0.6) is 5.75 Å². The van der Waals surface area contributed by atoms with Crippen molar-refractivity contribution in [3.63, 3.8) is 0 Å². The van der Waals surface area contributed by atoms with E-state index in [9.17, 15) is 47.9 Å². The van der Waals surface area contributed by atoms with Crippen LogP contribution in [0.25, 0.3) is 0 Å². The molecular weight excluding hydrogens is 1080 g/mol. The fourth-order valence-corrected chi connectivity index (χ4v) is 11.8. The molecule has 4 rings (SSSR count). The number of ether oxygens (including phenoxy) is 1. The third-order valence-electron chi connectivity index (χ3n) is 13.1. The number of amides is 10. The monoisotopic (exact) mass is 1160 g/mol. The van der Waals surface area contributed by atoms with Crippen LogP contribution >= 0.6 is 21.6 Å². The van der Waals surface area contributed by atoms with E-state index in [0.717, 1.165) is 40.0 Å². The normalized spacial score (nSPS) is 23.0. The second kappa shape index (κ2) is 32.7. The fraction of sp³-hybridized carbons (Fsp3) is 0.600. The molecule has 0 radical (unpaired) electrons. The van der Waals surface area contributed by atoms with Gasteiger partial charge in [0.1, 0.15) is 54.1 Å². The van der Waals surface area contributed by atoms with Crippen molar-refractivity contribution in [2.75, 3.05) is 38.5 Å². The molecule has 2 heterocycles. The van der Waals surface area contributed by atoms with E-state index in [-0.39, 0.29) is 75.8 Å². The van der Waals surface area contributed by atoms with Gasteiger partial charge < -0.3 is 87.0 Å². The number of rotatable bonds is 21. The number of hydrogen-bond donors (Lipinski definition) is 14. The highest BCUT2D eigenvalue weighted by atomic mass is 33.1. The molecule has 1 saturated carbocycles. The molecule has 0 aromatic heterocycles. The number of likely N-dealkylation sites (tertiary alicyclic amines) is 1. The quantitative estimate of drug-likeness (QED) is 0.0244. The average molecular weight is 1160 g/mol. The van der Waals surface area contributed by atoms with Crippen LogP contribution in [-0.2, 0) is 54.4 Å². The topological polar surface area (TPSA) is 474 Å². The summed E-state index contributed by atoms with van der Waals surface area (Å²) >= 11 is 0. The lowest BCUT2D eigenvalue weighted by molar-refractivity contribution is -0.142. The number of aliphatic imine (C=N–C) groups is 2. The van der Waals surface area contributed by atoms with Crippen LogP contribution in [0, 0.1) is 5.92 Å². The number of allylic oxidation sites excluding steroid dienone is 1. The van der Waals surface area contributed by atoms with Gasteiger partial charge in [-0.2, -0.15) is 0 Å². The number of nitrogens with one attached hydrogen (secondary N) is 7. The predicted molar refractivity (Wildman–Crippen MR) is 302 cm³/mol. The van der Waals surface area contributed by atoms with E-state index in [1.165, 1.54) is 4.90 Å². The van der Waals surface area contributed by atoms with Crippen LogP contribution in [0.4, 0.5) is 0 Å². The number of primary amides is 2. The SMILES string of the molecule is CCOc1ccc(CC2NC(=O)[C@@H](N)C(=C3CCCC3)SSCC(C(=O)N3CCC[C@H]3C(=O)N[C@@H](CCCN=C(N)N)C(=O)NCC(N)=O)NC(=O)[C@H](CC(N)=O)NC(=O)[C@H](C(C)C)NC(=O)C(CCCN=C(N)N)NC2=O)cc1. The molecule has 2 aliphatic heterocycles. The Morgan fingerprint density at radius 1 is 0.762 bits per heavy atom. The van der Waals surface area contributed by atoms with Gasteiger partial charge in [0.25, 0.3) is 0 Å². The summed E-state index contributed by atoms with van der Waals surface area (Å²) in [7, 11) is 2.15. The Bertz CT molecular complexity index is 2460. The molecule has 1 aliphatic carbocycles. The first kappa shape index (κ1) is 65.2. The summed E-state index contributed by atoms with van der Waals surface area (Å²) in [6, 6.07) is -4.11. The summed E-state index contributed by atoms with van der Waals surface area (Å²) in [5.41, 5.74) is 41.2. The molecule has 0 spiro atoms. The molecule has 28 nitrogen and oxygen atoms in total. The lowest BCUT2D eigenvalue weighted by Crippen LogP contribution is -2.61. The maximum Gasteiger partial charge on any atom is 0.246 e. The summed E-state index contributed by atoms with van der Waals surface area (Å²) in [6.45, 7) is 5.12. The smallest absolute Gasteiger partial charge is 0.246 e. The zero-order valence-corrected chi connectivity index (χ0v) is 47.1. The van der Waals surface area contributed by atoms with Crippen molar-refractivity contribution in [3.05, 3.63) is 40.3 Å². The maximum absolute atomic E-state index is 14.9. The maximum atomic E-state index is 14.9. The van der Waals surface area contributed by atoms with Gasteiger partial charge in [0.15, 0.2) is 11.9 Å². The number of benzene rings is 1. The second-order valence-electron chi connectivity index (χ2n) is 19.8. The highest BCUT2D eigenvalue weighted by Crippen LogP contribution is 2.40. The molecule has 21 N–H and O–H groups in total. The molecular formula is C50H79N17O11S2. The minimum atomic E-state index is -1.71. The standard InChI is InChI=1S/C50H79N17O11S2/c1-4-78-29-17-15-27(16-18-29)22-32-43(72)61-31(13-8-20-59-50(56)57)42(71)66-39(26(2)3)47(76)64-33(23-36(51)68)44(73)65-34(25-79-80-40(28-10-5-6-11-28)38(53)46(75)63-32)48(77)67-21-9-14-35(67)45(74)62-30(12-7-19-58-49(54)55)41(70)60-24-37(52)69/h15-18,26,30-35,38-39H,4-14,19-25,53H2,1-3H3,(H2,51,68)(H2,52,69)(H,60,70)(H,61,72)(H,62,74)(H,63,75)(H,64,76)(H,65,73)(H,66,71)(H4,54,55,58)(H4,56,57,59)/t30-,31?,32?,33-,34?,35-,38-,39-/m0/s1. The highest BCUT2D eigenvalue weighted by Gasteiger charge is 2.41. The van der Waals surface area contributed by atoms with Crippen molar-refractivity contribution in [2.24, 2.45) is 56.0 Å². The van der Waals surface area contributed by atoms with E-state index >= 15 is 0 Å². The number of nitrogens with zero attached hydrogens (tertiary/aromatic N) is 3. The van der Waals surface area contributed by atoms with Gasteiger partial charge in [0.05, 0.1) is 19.6 Å². The van der Waals surface area contributed by atoms with E-state index in [1.807, 2.05) is 6.92 Å². The van der Waals surface area contributed by atoms with Crippen molar-refractivity contribution in [3.8, 4) is 5.75 Å². The van der Waals surface area contributed by atoms with Crippen molar-refractivity contribution in [1.82, 2.24) is 42.1 Å². The van der Waals surface area contributed by atoms with Gasteiger partial charge in [0.2, 0.25) is 59.1 Å². The van der Waals surface area contributed by atoms with Crippen LogP contribution in [-0.4, -0.2) is 163 Å². The van der Waals surface area contributed by atoms with Crippen molar-refractivity contribution >= 4 is 92.6 Å². The molecule has 3 aliphatic rings. The van der Waals surface area contributed by atoms with Gasteiger partial charge in [-0.1, -0.05) is 53.1 Å². The summed E-state index contributed by atoms with van der Waals surface area (Å²) in [6.07, 6.45) is 2.76. The third-order valence-corrected chi connectivity index (χ3v) is 15.8. The molecule has 3 fully saturated rings. The second-order valence-corrected chi connectivity index (χ2v) is 22.2. The first-order valence-corrected chi connectivity index (χ1v) is 28.9. The van der Waals surface area contributed by atoms with E-state index in [2.05, 4.69) is 47.2 Å². The Labute approximate surface area is 472 Å². The van der Waals surface area contributed by atoms with Gasteiger partial charge in [-0.05, 0) is 94.7 Å². The first-order valence-electron chi connectivity index (χ1n) is 26.6. The fourth-order valence-electron chi connectivity index (χ4n) is 9.05. The van der Waals surface area contributed by atoms with Crippen molar-refractivity contribution in [2.45, 2.75) is 146 Å². The molecule has 1 aromatic rings. The molecule has 442 valence electrons. The molecule has 3 unspecified atom stereocenters. The van der Waals surface area contributed by atoms with Gasteiger partial charge in [0, 0.05) is 36.7 Å². The Balaban J connectivity index is 1.79. The minimum absolute atomic E-state index is 0.0184. The minimum Gasteiger partial charge on any atom is -0.494 e. The Kier molecular flexibility index (Phi) is 26.6. The van der Waals surface area contributed by atoms with Crippen LogP contribution in [0.15, 0.2) is 44.7 Å². The largest absolute Gasteiger partial charge is 0.494 e. The molecule has 1 aromatic carbocycles. The van der Waals surface area contributed by atoms with Crippen LogP contribution in [0.2, 0.25) is 0 Å². The van der Waals surface area contributed by atoms with Crippen LogP contribution < -0.4 is 82.1 Å². The van der Waals surface area contributed by atoms with E-state index < -0.39 is 126 Å². The molecule has 30 heteroatoms. The lowest BCUT2D eigenvalue weighted by atomic mass is 10.0. The summed E-state index contributed by atoms with van der Waals surface area (Å²) in [5.74, 6) is -9.06. The zero-order valence-electron chi connectivity index (χ0n) is 45.4. The summed E-state index contributed by atoms with van der Waals surface area (Å²) in [5, 5.41) is 18.5. The Hall–Kier alpha value is -7.34. The number of carbonyl (C=O) groups excluding carboxylic acids is 10. The molecule has 80 heavy (non-hydrogen) atoms. The molecule has 0 bridgehead atoms. The number of nitrogens with two attached hydrogens (primary N) is 7. The van der Waals surface area contributed by atoms with Crippen LogP contribution in [0.1, 0.15) is 97.0 Å². The highest BCUT2D eigenvalue weighted by molar-refractivity contribution is 8.78. The van der Waals surface area contributed by atoms with Gasteiger partial charge in [-0.15, -0.1) is 0 Å². The summed E-state index contributed by atoms with van der Waals surface area (Å²) in [4.78, 5) is 148. The van der Waals surface area contributed by atoms with Crippen LogP contribution in [0.3, 0.4) is 0 Å². The zero-order chi connectivity index (χ0) is 59.1. The number of hydrogen-bond acceptors (Lipinski definition) is 16. The van der Waals surface area contributed by atoms with Crippen molar-refractivity contribution in [1.29, 1.82) is 0 Å². The molecule has 8 atom stereocenters. The van der Waals surface area contributed by atoms with E-state index in [1.54, 1.807) is 38.1 Å². The Morgan fingerprint density at radius 3 is 1.99 bits per heavy atom. The van der Waals surface area contributed by atoms with E-state index in [0.29, 0.717) is 42.1 Å². The average Bonchev–Trinajstić information content (AvgIpc) is 4.13. The third kappa shape index (κ3) is 21.0. The van der Waals surface area contributed by atoms with Gasteiger partial charge in [-0.3, -0.25) is 57.9 Å². The van der Waals surface area contributed by atoms with Gasteiger partial charge >= 0.3 is 0 Å². The summed E-state index contributed by atoms with van der Waals surface area (Å²) < 4.78 is 5.61. The van der Waals surface area contributed by atoms with Gasteiger partial charge in [-0.25, -0.2) is 0 Å². The number of carbonyl (C=O) groups is 10. The lowest BCUT2D eigenvalue weighted by Gasteiger charge is -2.31. The van der Waals surface area contributed by atoms with Crippen molar-refractivity contribution < 1.29 is 52.7 Å². The number of guanidine groups is 2. The predicted octanol–water partition coefficient (Wildman–Crippen LogP) is -3.68. The Morgan fingerprint density at radius 2 is 1.38 bits per heavy atom. The van der Waals surface area contributed by atoms with E-state index in [4.69, 9.17) is 44.9 Å². The molecule has 2 saturated heterocycles.